The minimum absolute atomic E-state index is 0.101. The SMILES string of the molecule is CC(C)C(C)n1c(CCCl)nc2c(F)cc(F)cc21. The van der Waals surface area contributed by atoms with Crippen molar-refractivity contribution in [3.05, 3.63) is 29.6 Å². The fourth-order valence-electron chi connectivity index (χ4n) is 2.18. The highest BCUT2D eigenvalue weighted by Gasteiger charge is 2.20. The van der Waals surface area contributed by atoms with Crippen LogP contribution < -0.4 is 0 Å². The van der Waals surface area contributed by atoms with Crippen LogP contribution in [0.25, 0.3) is 11.0 Å². The number of rotatable bonds is 4. The van der Waals surface area contributed by atoms with Gasteiger partial charge < -0.3 is 4.57 Å². The molecular weight excluding hydrogens is 270 g/mol. The summed E-state index contributed by atoms with van der Waals surface area (Å²) in [6, 6.07) is 2.30. The molecule has 1 aromatic carbocycles. The van der Waals surface area contributed by atoms with E-state index in [1.807, 2.05) is 11.5 Å². The first-order valence-corrected chi connectivity index (χ1v) is 6.91. The fourth-order valence-corrected chi connectivity index (χ4v) is 2.35. The number of imidazole rings is 1. The van der Waals surface area contributed by atoms with Crippen molar-refractivity contribution in [2.75, 3.05) is 5.88 Å². The third-order valence-electron chi connectivity index (χ3n) is 3.48. The van der Waals surface area contributed by atoms with Gasteiger partial charge in [0.1, 0.15) is 17.2 Å². The molecular formula is C14H17ClF2N2. The largest absolute Gasteiger partial charge is 0.325 e. The third kappa shape index (κ3) is 2.59. The van der Waals surface area contributed by atoms with Crippen molar-refractivity contribution in [2.45, 2.75) is 33.2 Å². The summed E-state index contributed by atoms with van der Waals surface area (Å²) in [6.45, 7) is 6.15. The number of benzene rings is 1. The smallest absolute Gasteiger partial charge is 0.153 e. The van der Waals surface area contributed by atoms with Crippen LogP contribution in [0.15, 0.2) is 12.1 Å². The van der Waals surface area contributed by atoms with E-state index in [1.165, 1.54) is 6.07 Å². The first kappa shape index (κ1) is 14.3. The van der Waals surface area contributed by atoms with E-state index in [4.69, 9.17) is 11.6 Å². The van der Waals surface area contributed by atoms with Crippen LogP contribution in [0.5, 0.6) is 0 Å². The Balaban J connectivity index is 2.72. The summed E-state index contributed by atoms with van der Waals surface area (Å²) in [4.78, 5) is 4.28. The molecule has 1 atom stereocenters. The Bertz CT molecular complexity index is 593. The Hall–Kier alpha value is -1.16. The number of alkyl halides is 1. The molecule has 2 rings (SSSR count). The predicted molar refractivity (Wildman–Crippen MR) is 73.6 cm³/mol. The second-order valence-electron chi connectivity index (χ2n) is 5.08. The molecule has 0 saturated carbocycles. The number of nitrogens with zero attached hydrogens (tertiary/aromatic N) is 2. The van der Waals surface area contributed by atoms with Gasteiger partial charge in [0.15, 0.2) is 5.82 Å². The summed E-state index contributed by atoms with van der Waals surface area (Å²) in [5.74, 6) is 0.228. The summed E-state index contributed by atoms with van der Waals surface area (Å²) in [5, 5.41) is 0. The molecule has 0 spiro atoms. The maximum Gasteiger partial charge on any atom is 0.153 e. The quantitative estimate of drug-likeness (QED) is 0.766. The molecule has 0 aliphatic heterocycles. The van der Waals surface area contributed by atoms with Gasteiger partial charge in [-0.25, -0.2) is 13.8 Å². The lowest BCUT2D eigenvalue weighted by Crippen LogP contribution is -2.15. The van der Waals surface area contributed by atoms with E-state index < -0.39 is 11.6 Å². The number of aromatic nitrogens is 2. The molecule has 5 heteroatoms. The van der Waals surface area contributed by atoms with Crippen LogP contribution in [-0.2, 0) is 6.42 Å². The molecule has 0 amide bonds. The summed E-state index contributed by atoms with van der Waals surface area (Å²) in [7, 11) is 0. The second kappa shape index (κ2) is 5.45. The van der Waals surface area contributed by atoms with Crippen LogP contribution in [-0.4, -0.2) is 15.4 Å². The van der Waals surface area contributed by atoms with Crippen LogP contribution in [0, 0.1) is 17.6 Å². The minimum Gasteiger partial charge on any atom is -0.325 e. The Kier molecular flexibility index (Phi) is 4.09. The maximum atomic E-state index is 13.8. The Morgan fingerprint density at radius 3 is 2.53 bits per heavy atom. The Labute approximate surface area is 116 Å². The first-order chi connectivity index (χ1) is 8.95. The molecule has 1 heterocycles. The Morgan fingerprint density at radius 2 is 1.95 bits per heavy atom. The van der Waals surface area contributed by atoms with Gasteiger partial charge in [-0.1, -0.05) is 13.8 Å². The highest BCUT2D eigenvalue weighted by molar-refractivity contribution is 6.17. The molecule has 1 aromatic heterocycles. The zero-order chi connectivity index (χ0) is 14.2. The molecule has 0 aliphatic rings. The monoisotopic (exact) mass is 286 g/mol. The normalized spacial score (nSPS) is 13.4. The lowest BCUT2D eigenvalue weighted by Gasteiger charge is -2.21. The van der Waals surface area contributed by atoms with E-state index in [-0.39, 0.29) is 11.6 Å². The van der Waals surface area contributed by atoms with E-state index in [1.54, 1.807) is 0 Å². The van der Waals surface area contributed by atoms with Gasteiger partial charge in [-0.05, 0) is 18.9 Å². The van der Waals surface area contributed by atoms with Crippen molar-refractivity contribution in [2.24, 2.45) is 5.92 Å². The second-order valence-corrected chi connectivity index (χ2v) is 5.45. The van der Waals surface area contributed by atoms with Gasteiger partial charge in [-0.3, -0.25) is 0 Å². The highest BCUT2D eigenvalue weighted by atomic mass is 35.5. The van der Waals surface area contributed by atoms with Crippen molar-refractivity contribution in [3.63, 3.8) is 0 Å². The molecule has 0 N–H and O–H groups in total. The van der Waals surface area contributed by atoms with Crippen LogP contribution >= 0.6 is 11.6 Å². The van der Waals surface area contributed by atoms with E-state index >= 15 is 0 Å². The zero-order valence-corrected chi connectivity index (χ0v) is 12.0. The van der Waals surface area contributed by atoms with Gasteiger partial charge in [0, 0.05) is 24.4 Å². The van der Waals surface area contributed by atoms with Gasteiger partial charge in [-0.15, -0.1) is 11.6 Å². The topological polar surface area (TPSA) is 17.8 Å². The Morgan fingerprint density at radius 1 is 1.26 bits per heavy atom. The molecule has 2 nitrogen and oxygen atoms in total. The number of aryl methyl sites for hydroxylation is 1. The van der Waals surface area contributed by atoms with Gasteiger partial charge >= 0.3 is 0 Å². The molecule has 0 fully saturated rings. The number of fused-ring (bicyclic) bond motifs is 1. The van der Waals surface area contributed by atoms with E-state index in [0.29, 0.717) is 29.6 Å². The molecule has 0 aliphatic carbocycles. The molecule has 0 radical (unpaired) electrons. The van der Waals surface area contributed by atoms with Crippen molar-refractivity contribution >= 4 is 22.6 Å². The molecule has 0 saturated heterocycles. The summed E-state index contributed by atoms with van der Waals surface area (Å²) >= 11 is 5.77. The summed E-state index contributed by atoms with van der Waals surface area (Å²) in [5.41, 5.74) is 0.716. The molecule has 2 aromatic rings. The predicted octanol–water partition coefficient (Wildman–Crippen LogP) is 4.31. The van der Waals surface area contributed by atoms with Gasteiger partial charge in [0.25, 0.3) is 0 Å². The van der Waals surface area contributed by atoms with Crippen LogP contribution in [0.1, 0.15) is 32.6 Å². The summed E-state index contributed by atoms with van der Waals surface area (Å²) in [6.07, 6.45) is 0.536. The third-order valence-corrected chi connectivity index (χ3v) is 3.67. The number of hydrogen-bond acceptors (Lipinski definition) is 1. The van der Waals surface area contributed by atoms with Crippen LogP contribution in [0.2, 0.25) is 0 Å². The molecule has 19 heavy (non-hydrogen) atoms. The molecule has 104 valence electrons. The van der Waals surface area contributed by atoms with Crippen molar-refractivity contribution < 1.29 is 8.78 Å². The van der Waals surface area contributed by atoms with Gasteiger partial charge in [0.05, 0.1) is 5.52 Å². The van der Waals surface area contributed by atoms with Crippen molar-refractivity contribution in [3.8, 4) is 0 Å². The van der Waals surface area contributed by atoms with Crippen molar-refractivity contribution in [1.29, 1.82) is 0 Å². The lowest BCUT2D eigenvalue weighted by atomic mass is 10.1. The minimum atomic E-state index is -0.625. The average Bonchev–Trinajstić information content (AvgIpc) is 2.67. The highest BCUT2D eigenvalue weighted by Crippen LogP contribution is 2.28. The maximum absolute atomic E-state index is 13.8. The fraction of sp³-hybridized carbons (Fsp3) is 0.500. The standard InChI is InChI=1S/C14H17ClF2N2/c1-8(2)9(3)19-12-7-10(16)6-11(17)14(12)18-13(19)4-5-15/h6-9H,4-5H2,1-3H3. The zero-order valence-electron chi connectivity index (χ0n) is 11.3. The number of hydrogen-bond donors (Lipinski definition) is 0. The van der Waals surface area contributed by atoms with Gasteiger partial charge in [0.2, 0.25) is 0 Å². The van der Waals surface area contributed by atoms with Crippen LogP contribution in [0.4, 0.5) is 8.78 Å². The number of halogens is 3. The van der Waals surface area contributed by atoms with Gasteiger partial charge in [-0.2, -0.15) is 0 Å². The van der Waals surface area contributed by atoms with E-state index in [9.17, 15) is 8.78 Å². The average molecular weight is 287 g/mol. The lowest BCUT2D eigenvalue weighted by molar-refractivity contribution is 0.406. The molecule has 0 bridgehead atoms. The molecule has 1 unspecified atom stereocenters. The summed E-state index contributed by atoms with van der Waals surface area (Å²) < 4.78 is 29.1. The van der Waals surface area contributed by atoms with Crippen molar-refractivity contribution in [1.82, 2.24) is 9.55 Å². The van der Waals surface area contributed by atoms with E-state index in [0.717, 1.165) is 6.07 Å². The first-order valence-electron chi connectivity index (χ1n) is 6.37. The van der Waals surface area contributed by atoms with E-state index in [2.05, 4.69) is 18.8 Å². The van der Waals surface area contributed by atoms with Crippen LogP contribution in [0.3, 0.4) is 0 Å².